The molecule has 160 valence electrons. The van der Waals surface area contributed by atoms with Crippen LogP contribution < -0.4 is 11.1 Å². The highest BCUT2D eigenvalue weighted by Crippen LogP contribution is 2.40. The molecule has 0 aromatic heterocycles. The molecule has 5 nitrogen and oxygen atoms in total. The first-order valence-electron chi connectivity index (χ1n) is 10.2. The van der Waals surface area contributed by atoms with E-state index in [4.69, 9.17) is 5.73 Å². The van der Waals surface area contributed by atoms with Gasteiger partial charge in [-0.3, -0.25) is 14.6 Å². The SMILES string of the molecule is CC1(c2ccc(F)c(NC(=O)c3cccc4c3-c3ccccc3C4=O)c2)CCSC(N)=N1. The number of aliphatic imine (C=N–C) groups is 1. The molecule has 0 radical (unpaired) electrons. The number of fused-ring (bicyclic) bond motifs is 3. The van der Waals surface area contributed by atoms with Gasteiger partial charge in [0.05, 0.1) is 11.2 Å². The van der Waals surface area contributed by atoms with Gasteiger partial charge in [0.15, 0.2) is 11.0 Å². The number of nitrogens with two attached hydrogens (primary N) is 1. The first-order chi connectivity index (χ1) is 15.4. The van der Waals surface area contributed by atoms with Crippen LogP contribution in [0.3, 0.4) is 0 Å². The number of thioether (sulfide) groups is 1. The quantitative estimate of drug-likeness (QED) is 0.467. The second kappa shape index (κ2) is 7.60. The average molecular weight is 446 g/mol. The molecule has 0 saturated carbocycles. The van der Waals surface area contributed by atoms with Gasteiger partial charge in [-0.25, -0.2) is 4.39 Å². The van der Waals surface area contributed by atoms with Gasteiger partial charge in [-0.1, -0.05) is 54.2 Å². The topological polar surface area (TPSA) is 84.5 Å². The summed E-state index contributed by atoms with van der Waals surface area (Å²) in [6, 6.07) is 16.8. The van der Waals surface area contributed by atoms with Crippen molar-refractivity contribution >= 4 is 34.3 Å². The van der Waals surface area contributed by atoms with Crippen LogP contribution in [0.4, 0.5) is 10.1 Å². The van der Waals surface area contributed by atoms with Crippen LogP contribution in [-0.4, -0.2) is 22.6 Å². The fourth-order valence-corrected chi connectivity index (χ4v) is 5.28. The number of ketones is 1. The van der Waals surface area contributed by atoms with E-state index in [2.05, 4.69) is 10.3 Å². The molecule has 1 heterocycles. The van der Waals surface area contributed by atoms with Crippen LogP contribution in [0.1, 0.15) is 45.2 Å². The van der Waals surface area contributed by atoms with E-state index in [1.165, 1.54) is 17.8 Å². The standard InChI is InChI=1S/C25H20FN3O2S/c1-25(11-12-32-24(27)29-25)14-9-10-19(26)20(13-14)28-23(31)18-8-4-7-17-21(18)15-5-2-3-6-16(15)22(17)30/h2-10,13H,11-12H2,1H3,(H2,27,29)(H,28,31). The number of amides is 1. The average Bonchev–Trinajstić information content (AvgIpc) is 3.07. The molecule has 1 atom stereocenters. The number of amidine groups is 1. The highest BCUT2D eigenvalue weighted by Gasteiger charge is 2.32. The van der Waals surface area contributed by atoms with Crippen LogP contribution in [0.5, 0.6) is 0 Å². The van der Waals surface area contributed by atoms with Gasteiger partial charge < -0.3 is 11.1 Å². The minimum atomic E-state index is -0.581. The smallest absolute Gasteiger partial charge is 0.256 e. The molecule has 3 aromatic carbocycles. The van der Waals surface area contributed by atoms with Crippen molar-refractivity contribution in [2.75, 3.05) is 11.1 Å². The molecule has 1 aliphatic carbocycles. The molecule has 0 bridgehead atoms. The van der Waals surface area contributed by atoms with E-state index in [-0.39, 0.29) is 11.5 Å². The lowest BCUT2D eigenvalue weighted by Crippen LogP contribution is -2.29. The third-order valence-electron chi connectivity index (χ3n) is 6.03. The summed E-state index contributed by atoms with van der Waals surface area (Å²) in [5, 5.41) is 3.20. The van der Waals surface area contributed by atoms with Crippen LogP contribution in [0, 0.1) is 5.82 Å². The molecule has 0 fully saturated rings. The van der Waals surface area contributed by atoms with E-state index in [1.54, 1.807) is 42.5 Å². The Labute approximate surface area is 188 Å². The zero-order valence-corrected chi connectivity index (χ0v) is 18.1. The zero-order chi connectivity index (χ0) is 22.5. The maximum Gasteiger partial charge on any atom is 0.256 e. The Morgan fingerprint density at radius 2 is 1.84 bits per heavy atom. The number of nitrogens with one attached hydrogen (secondary N) is 1. The third-order valence-corrected chi connectivity index (χ3v) is 6.82. The molecular weight excluding hydrogens is 425 g/mol. The number of benzene rings is 3. The van der Waals surface area contributed by atoms with Crippen molar-refractivity contribution in [3.05, 3.63) is 88.7 Å². The molecule has 5 rings (SSSR count). The second-order valence-corrected chi connectivity index (χ2v) is 9.19. The predicted octanol–water partition coefficient (Wildman–Crippen LogP) is 4.96. The van der Waals surface area contributed by atoms with E-state index in [0.717, 1.165) is 17.7 Å². The first-order valence-corrected chi connectivity index (χ1v) is 11.2. The highest BCUT2D eigenvalue weighted by atomic mass is 32.2. The molecule has 3 N–H and O–H groups in total. The molecule has 1 aliphatic heterocycles. The molecule has 1 amide bonds. The number of carbonyl (C=O) groups is 2. The van der Waals surface area contributed by atoms with E-state index < -0.39 is 17.3 Å². The van der Waals surface area contributed by atoms with Gasteiger partial charge in [-0.2, -0.15) is 0 Å². The fourth-order valence-electron chi connectivity index (χ4n) is 4.31. The summed E-state index contributed by atoms with van der Waals surface area (Å²) in [5.41, 5.74) is 8.83. The van der Waals surface area contributed by atoms with Gasteiger partial charge in [-0.05, 0) is 42.7 Å². The number of hydrogen-bond donors (Lipinski definition) is 2. The number of hydrogen-bond acceptors (Lipinski definition) is 5. The minimum absolute atomic E-state index is 0.0657. The summed E-state index contributed by atoms with van der Waals surface area (Å²) >= 11 is 1.49. The van der Waals surface area contributed by atoms with Gasteiger partial charge >= 0.3 is 0 Å². The van der Waals surface area contributed by atoms with E-state index in [9.17, 15) is 14.0 Å². The zero-order valence-electron chi connectivity index (χ0n) is 17.3. The summed E-state index contributed by atoms with van der Waals surface area (Å²) in [5.74, 6) is -0.322. The van der Waals surface area contributed by atoms with Gasteiger partial charge in [0.2, 0.25) is 0 Å². The Hall–Kier alpha value is -3.45. The van der Waals surface area contributed by atoms with Gasteiger partial charge in [0.25, 0.3) is 5.91 Å². The van der Waals surface area contributed by atoms with Crippen molar-refractivity contribution in [3.8, 4) is 11.1 Å². The summed E-state index contributed by atoms with van der Waals surface area (Å²) in [6.07, 6.45) is 0.752. The van der Waals surface area contributed by atoms with E-state index in [1.807, 2.05) is 19.1 Å². The van der Waals surface area contributed by atoms with Crippen LogP contribution in [-0.2, 0) is 5.54 Å². The summed E-state index contributed by atoms with van der Waals surface area (Å²) in [6.45, 7) is 1.95. The number of rotatable bonds is 3. The number of carbonyl (C=O) groups excluding carboxylic acids is 2. The van der Waals surface area contributed by atoms with Crippen LogP contribution >= 0.6 is 11.8 Å². The van der Waals surface area contributed by atoms with Crippen molar-refractivity contribution in [2.45, 2.75) is 18.9 Å². The largest absolute Gasteiger partial charge is 0.379 e. The summed E-state index contributed by atoms with van der Waals surface area (Å²) in [7, 11) is 0. The lowest BCUT2D eigenvalue weighted by molar-refractivity contribution is 0.102. The molecule has 2 aliphatic rings. The monoisotopic (exact) mass is 445 g/mol. The lowest BCUT2D eigenvalue weighted by atomic mass is 9.89. The van der Waals surface area contributed by atoms with Crippen molar-refractivity contribution < 1.29 is 14.0 Å². The van der Waals surface area contributed by atoms with Gasteiger partial charge in [0.1, 0.15) is 5.82 Å². The Bertz CT molecular complexity index is 1320. The summed E-state index contributed by atoms with van der Waals surface area (Å²) in [4.78, 5) is 30.5. The molecule has 3 aromatic rings. The third kappa shape index (κ3) is 3.29. The number of nitrogens with zero attached hydrogens (tertiary/aromatic N) is 1. The number of anilines is 1. The van der Waals surface area contributed by atoms with Gasteiger partial charge in [-0.15, -0.1) is 0 Å². The fraction of sp³-hybridized carbons (Fsp3) is 0.160. The molecule has 32 heavy (non-hydrogen) atoms. The Morgan fingerprint density at radius 1 is 1.09 bits per heavy atom. The minimum Gasteiger partial charge on any atom is -0.379 e. The van der Waals surface area contributed by atoms with Crippen molar-refractivity contribution in [1.29, 1.82) is 0 Å². The predicted molar refractivity (Wildman–Crippen MR) is 126 cm³/mol. The first kappa shape index (κ1) is 20.5. The van der Waals surface area contributed by atoms with Crippen molar-refractivity contribution in [1.82, 2.24) is 0 Å². The normalized spacial score (nSPS) is 19.2. The molecule has 0 spiro atoms. The maximum atomic E-state index is 14.7. The number of halogens is 1. The van der Waals surface area contributed by atoms with Crippen LogP contribution in [0.25, 0.3) is 11.1 Å². The van der Waals surface area contributed by atoms with E-state index in [0.29, 0.717) is 33.0 Å². The molecular formula is C25H20FN3O2S. The lowest BCUT2D eigenvalue weighted by Gasteiger charge is -2.30. The van der Waals surface area contributed by atoms with Crippen LogP contribution in [0.2, 0.25) is 0 Å². The van der Waals surface area contributed by atoms with Crippen molar-refractivity contribution in [3.63, 3.8) is 0 Å². The highest BCUT2D eigenvalue weighted by molar-refractivity contribution is 8.13. The Balaban J connectivity index is 1.52. The maximum absolute atomic E-state index is 14.7. The second-order valence-electron chi connectivity index (χ2n) is 8.07. The summed E-state index contributed by atoms with van der Waals surface area (Å²) < 4.78 is 14.7. The molecule has 7 heteroatoms. The van der Waals surface area contributed by atoms with Crippen LogP contribution in [0.15, 0.2) is 65.7 Å². The van der Waals surface area contributed by atoms with Gasteiger partial charge in [0, 0.05) is 28.0 Å². The Kier molecular flexibility index (Phi) is 4.86. The molecule has 1 unspecified atom stereocenters. The molecule has 0 saturated heterocycles. The Morgan fingerprint density at radius 3 is 2.62 bits per heavy atom. The van der Waals surface area contributed by atoms with E-state index >= 15 is 0 Å². The van der Waals surface area contributed by atoms with Crippen molar-refractivity contribution in [2.24, 2.45) is 10.7 Å².